The van der Waals surface area contributed by atoms with E-state index in [2.05, 4.69) is 10.6 Å². The molecule has 1 aliphatic rings. The van der Waals surface area contributed by atoms with E-state index in [4.69, 9.17) is 0 Å². The highest BCUT2D eigenvalue weighted by Gasteiger charge is 2.32. The number of benzene rings is 1. The highest BCUT2D eigenvalue weighted by Crippen LogP contribution is 2.32. The van der Waals surface area contributed by atoms with Gasteiger partial charge in [0.05, 0.1) is 11.6 Å². The lowest BCUT2D eigenvalue weighted by Crippen LogP contribution is -2.43. The highest BCUT2D eigenvalue weighted by atomic mass is 19.4. The normalized spacial score (nSPS) is 19.2. The first-order chi connectivity index (χ1) is 11.2. The molecule has 0 radical (unpaired) electrons. The molecule has 4 nitrogen and oxygen atoms in total. The van der Waals surface area contributed by atoms with Crippen molar-refractivity contribution in [2.45, 2.75) is 51.4 Å². The molecule has 1 aromatic rings. The Labute approximate surface area is 138 Å². The second-order valence-electron chi connectivity index (χ2n) is 6.47. The Morgan fingerprint density at radius 2 is 2.08 bits per heavy atom. The predicted octanol–water partition coefficient (Wildman–Crippen LogP) is 3.19. The Hall–Kier alpha value is -2.05. The number of rotatable bonds is 5. The van der Waals surface area contributed by atoms with Gasteiger partial charge in [0, 0.05) is 6.42 Å². The molecule has 2 rings (SSSR count). The third-order valence-corrected chi connectivity index (χ3v) is 3.95. The number of nitrogens with one attached hydrogen (secondary N) is 2. The monoisotopic (exact) mass is 342 g/mol. The van der Waals surface area contributed by atoms with Gasteiger partial charge >= 0.3 is 6.18 Å². The van der Waals surface area contributed by atoms with Crippen molar-refractivity contribution >= 4 is 11.8 Å². The minimum Gasteiger partial charge on any atom is -0.348 e. The quantitative estimate of drug-likeness (QED) is 0.863. The molecule has 0 aromatic heterocycles. The van der Waals surface area contributed by atoms with E-state index < -0.39 is 23.8 Å². The van der Waals surface area contributed by atoms with Crippen molar-refractivity contribution in [3.05, 3.63) is 35.4 Å². The van der Waals surface area contributed by atoms with Gasteiger partial charge in [-0.3, -0.25) is 9.59 Å². The fraction of sp³-hybridized carbons (Fsp3) is 0.529. The number of amides is 2. The van der Waals surface area contributed by atoms with Crippen LogP contribution in [0.5, 0.6) is 0 Å². The number of carbonyl (C=O) groups is 2. The number of hydrogen-bond donors (Lipinski definition) is 2. The maximum absolute atomic E-state index is 12.9. The van der Waals surface area contributed by atoms with Gasteiger partial charge in [0.25, 0.3) is 0 Å². The van der Waals surface area contributed by atoms with Crippen LogP contribution in [0.3, 0.4) is 0 Å². The van der Waals surface area contributed by atoms with E-state index in [0.717, 1.165) is 12.1 Å². The molecular formula is C17H21F3N2O2. The van der Waals surface area contributed by atoms with E-state index in [1.165, 1.54) is 6.07 Å². The van der Waals surface area contributed by atoms with Crippen LogP contribution in [0.4, 0.5) is 13.2 Å². The first-order valence-electron chi connectivity index (χ1n) is 7.93. The van der Waals surface area contributed by atoms with Gasteiger partial charge < -0.3 is 10.6 Å². The Kier molecular flexibility index (Phi) is 5.51. The number of halogens is 3. The van der Waals surface area contributed by atoms with Crippen molar-refractivity contribution < 1.29 is 22.8 Å². The van der Waals surface area contributed by atoms with Gasteiger partial charge in [-0.15, -0.1) is 0 Å². The number of alkyl halides is 3. The van der Waals surface area contributed by atoms with E-state index >= 15 is 0 Å². The summed E-state index contributed by atoms with van der Waals surface area (Å²) in [5.74, 6) is -0.360. The van der Waals surface area contributed by atoms with E-state index in [0.29, 0.717) is 18.4 Å². The van der Waals surface area contributed by atoms with E-state index in [9.17, 15) is 22.8 Å². The third kappa shape index (κ3) is 4.72. The largest absolute Gasteiger partial charge is 0.416 e. The molecule has 132 valence electrons. The van der Waals surface area contributed by atoms with Crippen molar-refractivity contribution in [3.8, 4) is 0 Å². The Balaban J connectivity index is 2.19. The Bertz CT molecular complexity index is 614. The minimum atomic E-state index is -4.43. The molecule has 0 spiro atoms. The molecule has 24 heavy (non-hydrogen) atoms. The van der Waals surface area contributed by atoms with Gasteiger partial charge in [-0.2, -0.15) is 13.2 Å². The molecule has 0 unspecified atom stereocenters. The van der Waals surface area contributed by atoms with E-state index in [1.807, 2.05) is 13.8 Å². The minimum absolute atomic E-state index is 0.183. The lowest BCUT2D eigenvalue weighted by Gasteiger charge is -2.23. The highest BCUT2D eigenvalue weighted by molar-refractivity contribution is 5.90. The predicted molar refractivity (Wildman–Crippen MR) is 82.9 cm³/mol. The van der Waals surface area contributed by atoms with Gasteiger partial charge in [0.15, 0.2) is 0 Å². The zero-order valence-corrected chi connectivity index (χ0v) is 13.6. The molecule has 1 saturated heterocycles. The fourth-order valence-electron chi connectivity index (χ4n) is 2.76. The summed E-state index contributed by atoms with van der Waals surface area (Å²) in [6.45, 7) is 3.87. The molecule has 0 bridgehead atoms. The lowest BCUT2D eigenvalue weighted by atomic mass is 9.95. The molecule has 2 atom stereocenters. The van der Waals surface area contributed by atoms with Gasteiger partial charge in [0.1, 0.15) is 6.04 Å². The molecular weight excluding hydrogens is 321 g/mol. The molecule has 0 aliphatic carbocycles. The van der Waals surface area contributed by atoms with Crippen molar-refractivity contribution in [1.82, 2.24) is 10.6 Å². The maximum atomic E-state index is 12.9. The van der Waals surface area contributed by atoms with Crippen LogP contribution < -0.4 is 10.6 Å². The molecule has 1 heterocycles. The standard InChI is InChI=1S/C17H21F3N2O2/c1-10(2)8-14(22-16(24)13-6-7-15(23)21-13)11-4-3-5-12(9-11)17(18,19)20/h3-5,9-10,13-14H,6-8H2,1-2H3,(H,21,23)(H,22,24)/t13-,14+/m0/s1. The van der Waals surface area contributed by atoms with Crippen LogP contribution in [0.15, 0.2) is 24.3 Å². The topological polar surface area (TPSA) is 58.2 Å². The van der Waals surface area contributed by atoms with Crippen molar-refractivity contribution in [2.75, 3.05) is 0 Å². The van der Waals surface area contributed by atoms with Crippen LogP contribution in [0.25, 0.3) is 0 Å². The molecule has 1 aromatic carbocycles. The fourth-order valence-corrected chi connectivity index (χ4v) is 2.76. The van der Waals surface area contributed by atoms with Crippen LogP contribution >= 0.6 is 0 Å². The van der Waals surface area contributed by atoms with Gasteiger partial charge in [-0.05, 0) is 36.5 Å². The summed E-state index contributed by atoms with van der Waals surface area (Å²) >= 11 is 0. The van der Waals surface area contributed by atoms with Crippen LogP contribution in [0.2, 0.25) is 0 Å². The summed E-state index contributed by atoms with van der Waals surface area (Å²) in [4.78, 5) is 23.5. The molecule has 1 fully saturated rings. The van der Waals surface area contributed by atoms with Gasteiger partial charge in [0.2, 0.25) is 11.8 Å². The summed E-state index contributed by atoms with van der Waals surface area (Å²) in [5.41, 5.74) is -0.326. The zero-order valence-electron chi connectivity index (χ0n) is 13.6. The second kappa shape index (κ2) is 7.23. The second-order valence-corrected chi connectivity index (χ2v) is 6.47. The maximum Gasteiger partial charge on any atom is 0.416 e. The summed E-state index contributed by atoms with van der Waals surface area (Å²) in [7, 11) is 0. The summed E-state index contributed by atoms with van der Waals surface area (Å²) < 4.78 is 38.7. The average molecular weight is 342 g/mol. The SMILES string of the molecule is CC(C)C[C@@H](NC(=O)[C@@H]1CCC(=O)N1)c1cccc(C(F)(F)F)c1. The lowest BCUT2D eigenvalue weighted by molar-refractivity contribution is -0.137. The van der Waals surface area contributed by atoms with Crippen LogP contribution in [-0.2, 0) is 15.8 Å². The average Bonchev–Trinajstić information content (AvgIpc) is 2.92. The van der Waals surface area contributed by atoms with Crippen molar-refractivity contribution in [3.63, 3.8) is 0 Å². The number of hydrogen-bond acceptors (Lipinski definition) is 2. The Morgan fingerprint density at radius 3 is 2.62 bits per heavy atom. The number of carbonyl (C=O) groups excluding carboxylic acids is 2. The van der Waals surface area contributed by atoms with Crippen LogP contribution in [0.1, 0.15) is 50.3 Å². The summed E-state index contributed by atoms with van der Waals surface area (Å²) in [6.07, 6.45) is -3.23. The Morgan fingerprint density at radius 1 is 1.38 bits per heavy atom. The smallest absolute Gasteiger partial charge is 0.348 e. The first-order valence-corrected chi connectivity index (χ1v) is 7.93. The summed E-state index contributed by atoms with van der Waals surface area (Å²) in [5, 5.41) is 5.35. The molecule has 7 heteroatoms. The summed E-state index contributed by atoms with van der Waals surface area (Å²) in [6, 6.07) is 3.86. The van der Waals surface area contributed by atoms with E-state index in [-0.39, 0.29) is 24.2 Å². The zero-order chi connectivity index (χ0) is 17.9. The van der Waals surface area contributed by atoms with Crippen molar-refractivity contribution in [1.29, 1.82) is 0 Å². The third-order valence-electron chi connectivity index (χ3n) is 3.95. The molecule has 2 N–H and O–H groups in total. The molecule has 0 saturated carbocycles. The first kappa shape index (κ1) is 18.3. The van der Waals surface area contributed by atoms with E-state index in [1.54, 1.807) is 6.07 Å². The van der Waals surface area contributed by atoms with Gasteiger partial charge in [-0.25, -0.2) is 0 Å². The van der Waals surface area contributed by atoms with Crippen LogP contribution in [0, 0.1) is 5.92 Å². The van der Waals surface area contributed by atoms with Crippen LogP contribution in [-0.4, -0.2) is 17.9 Å². The molecule has 1 aliphatic heterocycles. The van der Waals surface area contributed by atoms with Gasteiger partial charge in [-0.1, -0.05) is 26.0 Å². The molecule has 2 amide bonds. The van der Waals surface area contributed by atoms with Crippen molar-refractivity contribution in [2.24, 2.45) is 5.92 Å².